The van der Waals surface area contributed by atoms with Gasteiger partial charge in [-0.3, -0.25) is 20.6 Å². The zero-order chi connectivity index (χ0) is 18.1. The standard InChI is InChI=1S/C16H9ClF3N3O2/c17-7-1-3-8(4-2-7)22-23-16(25)10-6-21-14-9(15(10)24)5-11(18)12(19)13(14)20/h1-6,22H,(H,21,24)(H,23,25). The highest BCUT2D eigenvalue weighted by Gasteiger charge is 2.21. The minimum atomic E-state index is -1.71. The molecule has 1 aromatic heterocycles. The van der Waals surface area contributed by atoms with Gasteiger partial charge in [0.25, 0.3) is 5.91 Å². The Bertz CT molecular complexity index is 981. The van der Waals surface area contributed by atoms with Crippen LogP contribution in [0, 0.1) is 17.5 Å². The summed E-state index contributed by atoms with van der Waals surface area (Å²) < 4.78 is 40.2. The third-order valence-corrected chi connectivity index (χ3v) is 3.63. The summed E-state index contributed by atoms with van der Waals surface area (Å²) in [6, 6.07) is 6.93. The van der Waals surface area contributed by atoms with Crippen LogP contribution in [0.15, 0.2) is 36.5 Å². The van der Waals surface area contributed by atoms with Crippen LogP contribution in [0.3, 0.4) is 0 Å². The van der Waals surface area contributed by atoms with E-state index in [1.807, 2.05) is 0 Å². The highest BCUT2D eigenvalue weighted by molar-refractivity contribution is 6.30. The molecule has 5 nitrogen and oxygen atoms in total. The van der Waals surface area contributed by atoms with Gasteiger partial charge in [0.1, 0.15) is 16.8 Å². The number of nitrogens with one attached hydrogen (secondary N) is 2. The Kier molecular flexibility index (Phi) is 4.37. The van der Waals surface area contributed by atoms with Crippen LogP contribution in [0.25, 0.3) is 10.9 Å². The van der Waals surface area contributed by atoms with Crippen molar-refractivity contribution in [3.63, 3.8) is 0 Å². The summed E-state index contributed by atoms with van der Waals surface area (Å²) in [5, 5.41) is 10.2. The number of pyridine rings is 1. The first-order valence-electron chi connectivity index (χ1n) is 6.85. The molecule has 0 aliphatic heterocycles. The quantitative estimate of drug-likeness (QED) is 0.486. The second-order valence-electron chi connectivity index (χ2n) is 4.99. The van der Waals surface area contributed by atoms with Gasteiger partial charge in [0.15, 0.2) is 17.5 Å². The zero-order valence-electron chi connectivity index (χ0n) is 12.3. The number of hydrogen-bond acceptors (Lipinski definition) is 4. The summed E-state index contributed by atoms with van der Waals surface area (Å²) in [6.45, 7) is 0. The molecule has 0 saturated carbocycles. The van der Waals surface area contributed by atoms with Gasteiger partial charge < -0.3 is 5.11 Å². The molecule has 25 heavy (non-hydrogen) atoms. The number of hydrogen-bond donors (Lipinski definition) is 3. The molecule has 3 rings (SSSR count). The van der Waals surface area contributed by atoms with E-state index in [9.17, 15) is 23.1 Å². The van der Waals surface area contributed by atoms with E-state index < -0.39 is 40.0 Å². The van der Waals surface area contributed by atoms with Crippen molar-refractivity contribution < 1.29 is 23.1 Å². The van der Waals surface area contributed by atoms with Gasteiger partial charge in [-0.15, -0.1) is 0 Å². The molecule has 0 aliphatic carbocycles. The van der Waals surface area contributed by atoms with E-state index in [4.69, 9.17) is 11.6 Å². The van der Waals surface area contributed by atoms with Crippen LogP contribution in [0.1, 0.15) is 10.4 Å². The molecule has 2 aromatic carbocycles. The maximum absolute atomic E-state index is 13.7. The van der Waals surface area contributed by atoms with Crippen LogP contribution in [0.2, 0.25) is 5.02 Å². The van der Waals surface area contributed by atoms with E-state index in [0.717, 1.165) is 6.20 Å². The number of carbonyl (C=O) groups is 1. The van der Waals surface area contributed by atoms with Gasteiger partial charge in [-0.25, -0.2) is 13.2 Å². The molecular formula is C16H9ClF3N3O2. The number of nitrogens with zero attached hydrogens (tertiary/aromatic N) is 1. The maximum Gasteiger partial charge on any atom is 0.274 e. The Balaban J connectivity index is 1.90. The van der Waals surface area contributed by atoms with Crippen molar-refractivity contribution in [2.75, 3.05) is 5.43 Å². The number of hydrazine groups is 1. The van der Waals surface area contributed by atoms with Crippen LogP contribution < -0.4 is 10.9 Å². The van der Waals surface area contributed by atoms with E-state index >= 15 is 0 Å². The van der Waals surface area contributed by atoms with Gasteiger partial charge in [0.2, 0.25) is 0 Å². The Morgan fingerprint density at radius 1 is 1.12 bits per heavy atom. The Hall–Kier alpha value is -3.00. The average Bonchev–Trinajstić information content (AvgIpc) is 2.60. The molecule has 0 spiro atoms. The van der Waals surface area contributed by atoms with Gasteiger partial charge in [-0.1, -0.05) is 11.6 Å². The van der Waals surface area contributed by atoms with Crippen molar-refractivity contribution in [2.24, 2.45) is 0 Å². The third-order valence-electron chi connectivity index (χ3n) is 3.38. The number of aromatic hydroxyl groups is 1. The minimum Gasteiger partial charge on any atom is -0.506 e. The van der Waals surface area contributed by atoms with Crippen molar-refractivity contribution in [1.29, 1.82) is 0 Å². The Morgan fingerprint density at radius 2 is 1.80 bits per heavy atom. The number of fused-ring (bicyclic) bond motifs is 1. The van der Waals surface area contributed by atoms with Crippen molar-refractivity contribution in [1.82, 2.24) is 10.4 Å². The molecule has 9 heteroatoms. The molecule has 1 amide bonds. The number of aromatic nitrogens is 1. The van der Waals surface area contributed by atoms with Crippen molar-refractivity contribution in [3.05, 3.63) is 64.6 Å². The van der Waals surface area contributed by atoms with E-state index in [0.29, 0.717) is 16.8 Å². The van der Waals surface area contributed by atoms with Gasteiger partial charge in [0.05, 0.1) is 5.69 Å². The van der Waals surface area contributed by atoms with Gasteiger partial charge in [-0.2, -0.15) is 0 Å². The summed E-state index contributed by atoms with van der Waals surface area (Å²) in [4.78, 5) is 15.7. The first-order valence-corrected chi connectivity index (χ1v) is 7.23. The van der Waals surface area contributed by atoms with E-state index in [2.05, 4.69) is 15.8 Å². The summed E-state index contributed by atoms with van der Waals surface area (Å²) in [5.74, 6) is -6.29. The highest BCUT2D eigenvalue weighted by Crippen LogP contribution is 2.30. The van der Waals surface area contributed by atoms with Crippen molar-refractivity contribution >= 4 is 34.1 Å². The number of carbonyl (C=O) groups excluding carboxylic acids is 1. The number of halogens is 4. The van der Waals surface area contributed by atoms with Gasteiger partial charge in [0, 0.05) is 16.6 Å². The molecule has 0 bridgehead atoms. The van der Waals surface area contributed by atoms with Crippen LogP contribution in [0.5, 0.6) is 5.75 Å². The molecule has 0 fully saturated rings. The summed E-state index contributed by atoms with van der Waals surface area (Å²) in [7, 11) is 0. The lowest BCUT2D eigenvalue weighted by Crippen LogP contribution is -2.29. The van der Waals surface area contributed by atoms with Crippen LogP contribution in [0.4, 0.5) is 18.9 Å². The predicted molar refractivity (Wildman–Crippen MR) is 85.8 cm³/mol. The highest BCUT2D eigenvalue weighted by atomic mass is 35.5. The maximum atomic E-state index is 13.7. The van der Waals surface area contributed by atoms with Crippen LogP contribution >= 0.6 is 11.6 Å². The molecular weight excluding hydrogens is 359 g/mol. The molecule has 0 aliphatic rings. The molecule has 0 unspecified atom stereocenters. The monoisotopic (exact) mass is 367 g/mol. The fraction of sp³-hybridized carbons (Fsp3) is 0. The normalized spacial score (nSPS) is 10.7. The average molecular weight is 368 g/mol. The Morgan fingerprint density at radius 3 is 2.48 bits per heavy atom. The largest absolute Gasteiger partial charge is 0.506 e. The molecule has 0 radical (unpaired) electrons. The molecule has 128 valence electrons. The number of rotatable bonds is 3. The predicted octanol–water partition coefficient (Wildman–Crippen LogP) is 3.77. The second kappa shape index (κ2) is 6.48. The molecule has 0 saturated heterocycles. The van der Waals surface area contributed by atoms with E-state index in [1.165, 1.54) is 0 Å². The SMILES string of the molecule is O=C(NNc1ccc(Cl)cc1)c1cnc2c(F)c(F)c(F)cc2c1O. The molecule has 0 atom stereocenters. The summed E-state index contributed by atoms with van der Waals surface area (Å²) in [5.41, 5.74) is 4.43. The number of anilines is 1. The van der Waals surface area contributed by atoms with Crippen LogP contribution in [-0.4, -0.2) is 16.0 Å². The fourth-order valence-electron chi connectivity index (χ4n) is 2.12. The first kappa shape index (κ1) is 16.8. The zero-order valence-corrected chi connectivity index (χ0v) is 13.0. The van der Waals surface area contributed by atoms with Gasteiger partial charge in [-0.05, 0) is 30.3 Å². The molecule has 3 aromatic rings. The first-order chi connectivity index (χ1) is 11.9. The topological polar surface area (TPSA) is 74.2 Å². The molecule has 3 N–H and O–H groups in total. The van der Waals surface area contributed by atoms with E-state index in [1.54, 1.807) is 24.3 Å². The lowest BCUT2D eigenvalue weighted by atomic mass is 10.1. The lowest BCUT2D eigenvalue weighted by molar-refractivity contribution is 0.0960. The smallest absolute Gasteiger partial charge is 0.274 e. The molecule has 1 heterocycles. The lowest BCUT2D eigenvalue weighted by Gasteiger charge is -2.11. The van der Waals surface area contributed by atoms with Crippen molar-refractivity contribution in [3.8, 4) is 5.75 Å². The van der Waals surface area contributed by atoms with Gasteiger partial charge >= 0.3 is 0 Å². The second-order valence-corrected chi connectivity index (χ2v) is 5.43. The van der Waals surface area contributed by atoms with Crippen LogP contribution in [-0.2, 0) is 0 Å². The van der Waals surface area contributed by atoms with Crippen molar-refractivity contribution in [2.45, 2.75) is 0 Å². The van der Waals surface area contributed by atoms with E-state index in [-0.39, 0.29) is 5.56 Å². The third kappa shape index (κ3) is 3.16. The summed E-state index contributed by atoms with van der Waals surface area (Å²) >= 11 is 5.74. The number of amides is 1. The number of benzene rings is 2. The fourth-order valence-corrected chi connectivity index (χ4v) is 2.25. The minimum absolute atomic E-state index is 0.348. The Labute approximate surface area is 144 Å². The summed E-state index contributed by atoms with van der Waals surface area (Å²) in [6.07, 6.45) is 0.858.